The van der Waals surface area contributed by atoms with Crippen molar-refractivity contribution in [2.24, 2.45) is 0 Å². The van der Waals surface area contributed by atoms with Gasteiger partial charge in [-0.3, -0.25) is 4.79 Å². The molecule has 0 spiro atoms. The van der Waals surface area contributed by atoms with Gasteiger partial charge in [-0.05, 0) is 50.9 Å². The molecule has 0 aromatic heterocycles. The molecule has 0 amide bonds. The van der Waals surface area contributed by atoms with Crippen molar-refractivity contribution in [1.29, 1.82) is 0 Å². The van der Waals surface area contributed by atoms with Gasteiger partial charge in [-0.2, -0.15) is 12.6 Å². The molecule has 0 radical (unpaired) electrons. The summed E-state index contributed by atoms with van der Waals surface area (Å²) in [6.07, 6.45) is 2.28. The summed E-state index contributed by atoms with van der Waals surface area (Å²) in [5.74, 6) is -0.121. The molecule has 1 aromatic carbocycles. The number of aldehydes is 1. The first-order valence-corrected chi connectivity index (χ1v) is 7.75. The maximum Gasteiger partial charge on any atom is 0.491 e. The molecule has 1 heterocycles. The molecule has 0 N–H and O–H groups in total. The Bertz CT molecular complexity index is 597. The lowest BCUT2D eigenvalue weighted by Crippen LogP contribution is -2.41. The fraction of sp³-hybridized carbons (Fsp3) is 0.438. The first kappa shape index (κ1) is 17.3. The van der Waals surface area contributed by atoms with E-state index in [2.05, 4.69) is 12.6 Å². The minimum atomic E-state index is -0.545. The number of thiol groups is 1. The van der Waals surface area contributed by atoms with Gasteiger partial charge in [0.15, 0.2) is 6.29 Å². The summed E-state index contributed by atoms with van der Waals surface area (Å²) in [5, 5.41) is 0. The normalized spacial score (nSPS) is 20.3. The first-order chi connectivity index (χ1) is 10.2. The lowest BCUT2D eigenvalue weighted by molar-refractivity contribution is 0.00578. The summed E-state index contributed by atoms with van der Waals surface area (Å²) in [4.78, 5) is 10.7. The van der Waals surface area contributed by atoms with Crippen LogP contribution in [0.3, 0.4) is 0 Å². The van der Waals surface area contributed by atoms with Gasteiger partial charge in [0.1, 0.15) is 5.82 Å². The molecule has 6 heteroatoms. The molecule has 1 aliphatic rings. The quantitative estimate of drug-likeness (QED) is 0.523. The molecule has 0 aliphatic carbocycles. The summed E-state index contributed by atoms with van der Waals surface area (Å²) in [6, 6.07) is 4.45. The Labute approximate surface area is 136 Å². The number of rotatable bonds is 4. The fourth-order valence-corrected chi connectivity index (χ4v) is 2.37. The van der Waals surface area contributed by atoms with E-state index in [0.29, 0.717) is 17.6 Å². The predicted molar refractivity (Wildman–Crippen MR) is 89.7 cm³/mol. The van der Waals surface area contributed by atoms with Crippen LogP contribution in [0.25, 0.3) is 6.08 Å². The van der Waals surface area contributed by atoms with E-state index in [-0.39, 0.29) is 5.56 Å². The van der Waals surface area contributed by atoms with Gasteiger partial charge in [-0.25, -0.2) is 4.39 Å². The van der Waals surface area contributed by atoms with E-state index in [0.717, 1.165) is 5.47 Å². The largest absolute Gasteiger partial charge is 0.491 e. The van der Waals surface area contributed by atoms with E-state index in [1.807, 2.05) is 27.7 Å². The van der Waals surface area contributed by atoms with Gasteiger partial charge in [0.05, 0.1) is 16.8 Å². The van der Waals surface area contributed by atoms with E-state index in [1.165, 1.54) is 12.1 Å². The highest BCUT2D eigenvalue weighted by Crippen LogP contribution is 2.39. The summed E-state index contributed by atoms with van der Waals surface area (Å²) < 4.78 is 25.6. The zero-order valence-electron chi connectivity index (χ0n) is 13.2. The lowest BCUT2D eigenvalue weighted by atomic mass is 9.78. The van der Waals surface area contributed by atoms with Crippen molar-refractivity contribution in [2.75, 3.05) is 5.75 Å². The molecule has 1 fully saturated rings. The number of carbonyl (C=O) groups is 1. The van der Waals surface area contributed by atoms with Gasteiger partial charge in [0, 0.05) is 5.75 Å². The van der Waals surface area contributed by atoms with Crippen molar-refractivity contribution in [2.45, 2.75) is 38.9 Å². The van der Waals surface area contributed by atoms with Gasteiger partial charge in [-0.1, -0.05) is 12.1 Å². The molecule has 0 bridgehead atoms. The summed E-state index contributed by atoms with van der Waals surface area (Å²) in [5.41, 5.74) is 0.612. The molecule has 0 saturated carbocycles. The average molecular weight is 322 g/mol. The van der Waals surface area contributed by atoms with Gasteiger partial charge >= 0.3 is 7.12 Å². The first-order valence-electron chi connectivity index (χ1n) is 7.12. The zero-order chi connectivity index (χ0) is 16.5. The second-order valence-corrected chi connectivity index (χ2v) is 6.68. The summed E-state index contributed by atoms with van der Waals surface area (Å²) in [7, 11) is -0.517. The number of hydrogen-bond donors (Lipinski definition) is 1. The van der Waals surface area contributed by atoms with Crippen molar-refractivity contribution in [3.05, 3.63) is 40.6 Å². The fourth-order valence-electron chi connectivity index (χ4n) is 2.13. The third-order valence-corrected chi connectivity index (χ3v) is 4.61. The molecule has 118 valence electrons. The van der Waals surface area contributed by atoms with Crippen molar-refractivity contribution in [3.63, 3.8) is 0 Å². The van der Waals surface area contributed by atoms with E-state index >= 15 is 0 Å². The SMILES string of the molecule is CC1(C)OB(C(=Cc2ccc(C=O)c(F)c2)CS)OC1(C)C. The molecule has 1 aromatic rings. The maximum atomic E-state index is 13.7. The van der Waals surface area contributed by atoms with E-state index in [1.54, 1.807) is 12.1 Å². The monoisotopic (exact) mass is 322 g/mol. The Morgan fingerprint density at radius 3 is 2.32 bits per heavy atom. The zero-order valence-corrected chi connectivity index (χ0v) is 14.1. The van der Waals surface area contributed by atoms with E-state index in [9.17, 15) is 9.18 Å². The minimum absolute atomic E-state index is 0.0419. The van der Waals surface area contributed by atoms with E-state index < -0.39 is 24.1 Å². The van der Waals surface area contributed by atoms with Gasteiger partial charge in [-0.15, -0.1) is 0 Å². The number of carbonyl (C=O) groups excluding carboxylic acids is 1. The van der Waals surface area contributed by atoms with Crippen LogP contribution in [0.1, 0.15) is 43.6 Å². The molecule has 0 atom stereocenters. The molecular weight excluding hydrogens is 302 g/mol. The van der Waals surface area contributed by atoms with Crippen molar-refractivity contribution in [3.8, 4) is 0 Å². The highest BCUT2D eigenvalue weighted by molar-refractivity contribution is 7.80. The van der Waals surface area contributed by atoms with Crippen molar-refractivity contribution < 1.29 is 18.5 Å². The Hall–Kier alpha value is -1.11. The predicted octanol–water partition coefficient (Wildman–Crippen LogP) is 3.58. The summed E-state index contributed by atoms with van der Waals surface area (Å²) >= 11 is 4.32. The molecule has 22 heavy (non-hydrogen) atoms. The minimum Gasteiger partial charge on any atom is -0.400 e. The van der Waals surface area contributed by atoms with Crippen LogP contribution in [0.15, 0.2) is 23.7 Å². The third-order valence-electron chi connectivity index (χ3n) is 4.24. The number of hydrogen-bond acceptors (Lipinski definition) is 4. The lowest BCUT2D eigenvalue weighted by Gasteiger charge is -2.32. The molecular formula is C16H20BFO3S. The van der Waals surface area contributed by atoms with Gasteiger partial charge in [0.25, 0.3) is 0 Å². The van der Waals surface area contributed by atoms with E-state index in [4.69, 9.17) is 9.31 Å². The molecule has 1 aliphatic heterocycles. The Morgan fingerprint density at radius 1 is 1.27 bits per heavy atom. The summed E-state index contributed by atoms with van der Waals surface area (Å²) in [6.45, 7) is 7.90. The topological polar surface area (TPSA) is 35.5 Å². The van der Waals surface area contributed by atoms with Crippen LogP contribution < -0.4 is 0 Å². The van der Waals surface area contributed by atoms with Crippen LogP contribution >= 0.6 is 12.6 Å². The standard InChI is InChI=1S/C16H20BFO3S/c1-15(2)16(3,4)21-17(20-15)13(10-22)7-11-5-6-12(9-19)14(18)8-11/h5-9,22H,10H2,1-4H3. The maximum absolute atomic E-state index is 13.7. The van der Waals surface area contributed by atoms with Crippen LogP contribution in [0.4, 0.5) is 4.39 Å². The van der Waals surface area contributed by atoms with Crippen molar-refractivity contribution >= 4 is 32.1 Å². The Morgan fingerprint density at radius 2 is 1.86 bits per heavy atom. The Kier molecular flexibility index (Phi) is 4.85. The van der Waals surface area contributed by atoms with Crippen LogP contribution in [-0.4, -0.2) is 30.4 Å². The molecule has 1 saturated heterocycles. The molecule has 0 unspecified atom stereocenters. The number of benzene rings is 1. The third kappa shape index (κ3) is 3.29. The second kappa shape index (κ2) is 6.18. The van der Waals surface area contributed by atoms with Gasteiger partial charge in [0.2, 0.25) is 0 Å². The van der Waals surface area contributed by atoms with Crippen LogP contribution in [0.2, 0.25) is 0 Å². The van der Waals surface area contributed by atoms with Crippen LogP contribution in [0, 0.1) is 5.82 Å². The smallest absolute Gasteiger partial charge is 0.400 e. The average Bonchev–Trinajstić information content (AvgIpc) is 2.65. The van der Waals surface area contributed by atoms with Crippen molar-refractivity contribution in [1.82, 2.24) is 0 Å². The number of halogens is 1. The second-order valence-electron chi connectivity index (χ2n) is 6.36. The Balaban J connectivity index is 2.29. The highest BCUT2D eigenvalue weighted by atomic mass is 32.1. The molecule has 2 rings (SSSR count). The van der Waals surface area contributed by atoms with Crippen LogP contribution in [0.5, 0.6) is 0 Å². The van der Waals surface area contributed by atoms with Crippen LogP contribution in [-0.2, 0) is 9.31 Å². The highest BCUT2D eigenvalue weighted by Gasteiger charge is 2.52. The molecule has 3 nitrogen and oxygen atoms in total. The van der Waals surface area contributed by atoms with Gasteiger partial charge < -0.3 is 9.31 Å².